The maximum Gasteiger partial charge on any atom is 0.203 e. The number of aromatic nitrogens is 4. The molecular weight excluding hydrogens is 218 g/mol. The number of ether oxygens (including phenoxy) is 1. The lowest BCUT2D eigenvalue weighted by Gasteiger charge is -2.09. The zero-order valence-electron chi connectivity index (χ0n) is 10.1. The number of imidazole rings is 1. The Hall–Kier alpha value is -1.82. The lowest BCUT2D eigenvalue weighted by atomic mass is 10.4. The zero-order chi connectivity index (χ0) is 12.1. The minimum atomic E-state index is 0.665. The van der Waals surface area contributed by atoms with Gasteiger partial charge in [0.05, 0.1) is 18.8 Å². The molecule has 2 rings (SSSR count). The number of nitrogens with zero attached hydrogens (tertiary/aromatic N) is 4. The van der Waals surface area contributed by atoms with Crippen molar-refractivity contribution < 1.29 is 4.74 Å². The van der Waals surface area contributed by atoms with Crippen LogP contribution in [-0.2, 0) is 18.3 Å². The van der Waals surface area contributed by atoms with Crippen LogP contribution in [0.3, 0.4) is 0 Å². The molecule has 92 valence electrons. The molecule has 0 aliphatic heterocycles. The highest BCUT2D eigenvalue weighted by Crippen LogP contribution is 2.08. The number of hydrogen-bond acceptors (Lipinski definition) is 4. The molecule has 0 aromatic carbocycles. The van der Waals surface area contributed by atoms with Gasteiger partial charge >= 0.3 is 0 Å². The SMILES string of the molecule is COCCNc1nccn1Cc1ccnn1C. The van der Waals surface area contributed by atoms with E-state index in [2.05, 4.69) is 15.4 Å². The third-order valence-electron chi connectivity index (χ3n) is 2.56. The van der Waals surface area contributed by atoms with E-state index in [4.69, 9.17) is 4.74 Å². The molecule has 0 saturated carbocycles. The van der Waals surface area contributed by atoms with Crippen LogP contribution in [0.15, 0.2) is 24.7 Å². The molecule has 0 radical (unpaired) electrons. The lowest BCUT2D eigenvalue weighted by Crippen LogP contribution is -2.13. The summed E-state index contributed by atoms with van der Waals surface area (Å²) in [7, 11) is 3.62. The first kappa shape index (κ1) is 11.7. The monoisotopic (exact) mass is 235 g/mol. The molecule has 0 saturated heterocycles. The first-order valence-electron chi connectivity index (χ1n) is 5.52. The summed E-state index contributed by atoms with van der Waals surface area (Å²) >= 11 is 0. The van der Waals surface area contributed by atoms with Crippen LogP contribution in [0.5, 0.6) is 0 Å². The molecular formula is C11H17N5O. The second-order valence-corrected chi connectivity index (χ2v) is 3.74. The summed E-state index contributed by atoms with van der Waals surface area (Å²) in [6.07, 6.45) is 5.53. The van der Waals surface area contributed by atoms with Crippen LogP contribution in [0.25, 0.3) is 0 Å². The molecule has 0 fully saturated rings. The fourth-order valence-corrected chi connectivity index (χ4v) is 1.60. The molecule has 0 unspecified atom stereocenters. The number of rotatable bonds is 6. The number of anilines is 1. The average molecular weight is 235 g/mol. The molecule has 6 nitrogen and oxygen atoms in total. The molecule has 0 aliphatic rings. The summed E-state index contributed by atoms with van der Waals surface area (Å²) in [5.74, 6) is 0.850. The van der Waals surface area contributed by atoms with Gasteiger partial charge in [0.25, 0.3) is 0 Å². The summed E-state index contributed by atoms with van der Waals surface area (Å²) in [6, 6.07) is 2.00. The first-order chi connectivity index (χ1) is 8.31. The number of nitrogens with one attached hydrogen (secondary N) is 1. The summed E-state index contributed by atoms with van der Waals surface area (Å²) in [6.45, 7) is 2.17. The maximum atomic E-state index is 4.99. The third kappa shape index (κ3) is 2.85. The Bertz CT molecular complexity index is 462. The maximum absolute atomic E-state index is 4.99. The molecule has 0 amide bonds. The second-order valence-electron chi connectivity index (χ2n) is 3.74. The van der Waals surface area contributed by atoms with Gasteiger partial charge in [0.2, 0.25) is 5.95 Å². The molecule has 0 bridgehead atoms. The van der Waals surface area contributed by atoms with E-state index in [1.54, 1.807) is 19.5 Å². The standard InChI is InChI=1S/C11H17N5O/c1-15-10(3-4-14-15)9-16-7-5-12-11(16)13-6-8-17-2/h3-5,7H,6,8-9H2,1-2H3,(H,12,13). The fraction of sp³-hybridized carbons (Fsp3) is 0.455. The van der Waals surface area contributed by atoms with Crippen molar-refractivity contribution in [1.29, 1.82) is 0 Å². The number of aryl methyl sites for hydroxylation is 1. The van der Waals surface area contributed by atoms with Crippen LogP contribution in [0, 0.1) is 0 Å². The van der Waals surface area contributed by atoms with Gasteiger partial charge in [0.15, 0.2) is 0 Å². The van der Waals surface area contributed by atoms with Gasteiger partial charge in [0, 0.05) is 39.3 Å². The largest absolute Gasteiger partial charge is 0.383 e. The van der Waals surface area contributed by atoms with Gasteiger partial charge in [-0.05, 0) is 6.07 Å². The zero-order valence-corrected chi connectivity index (χ0v) is 10.1. The topological polar surface area (TPSA) is 56.9 Å². The van der Waals surface area contributed by atoms with Gasteiger partial charge in [-0.3, -0.25) is 4.68 Å². The highest BCUT2D eigenvalue weighted by molar-refractivity contribution is 5.26. The quantitative estimate of drug-likeness (QED) is 0.750. The molecule has 17 heavy (non-hydrogen) atoms. The Morgan fingerprint density at radius 2 is 2.29 bits per heavy atom. The predicted molar refractivity (Wildman–Crippen MR) is 64.9 cm³/mol. The highest BCUT2D eigenvalue weighted by atomic mass is 16.5. The van der Waals surface area contributed by atoms with E-state index >= 15 is 0 Å². The van der Waals surface area contributed by atoms with Crippen molar-refractivity contribution in [2.75, 3.05) is 25.6 Å². The van der Waals surface area contributed by atoms with Gasteiger partial charge in [0.1, 0.15) is 0 Å². The van der Waals surface area contributed by atoms with E-state index in [0.29, 0.717) is 6.61 Å². The molecule has 2 aromatic rings. The minimum absolute atomic E-state index is 0.665. The van der Waals surface area contributed by atoms with E-state index in [0.717, 1.165) is 24.7 Å². The molecule has 2 heterocycles. The Morgan fingerprint density at radius 1 is 1.41 bits per heavy atom. The molecule has 0 spiro atoms. The van der Waals surface area contributed by atoms with E-state index in [9.17, 15) is 0 Å². The van der Waals surface area contributed by atoms with Gasteiger partial charge in [-0.2, -0.15) is 5.10 Å². The smallest absolute Gasteiger partial charge is 0.203 e. The van der Waals surface area contributed by atoms with Crippen LogP contribution in [-0.4, -0.2) is 39.6 Å². The second kappa shape index (κ2) is 5.49. The van der Waals surface area contributed by atoms with Crippen molar-refractivity contribution >= 4 is 5.95 Å². The van der Waals surface area contributed by atoms with Crippen LogP contribution in [0.2, 0.25) is 0 Å². The highest BCUT2D eigenvalue weighted by Gasteiger charge is 2.04. The molecule has 2 aromatic heterocycles. The van der Waals surface area contributed by atoms with Crippen molar-refractivity contribution in [3.63, 3.8) is 0 Å². The fourth-order valence-electron chi connectivity index (χ4n) is 1.60. The van der Waals surface area contributed by atoms with Crippen molar-refractivity contribution in [2.24, 2.45) is 7.05 Å². The lowest BCUT2D eigenvalue weighted by molar-refractivity contribution is 0.210. The van der Waals surface area contributed by atoms with E-state index in [1.807, 2.05) is 28.6 Å². The van der Waals surface area contributed by atoms with Crippen molar-refractivity contribution in [1.82, 2.24) is 19.3 Å². The Balaban J connectivity index is 2.01. The van der Waals surface area contributed by atoms with Crippen molar-refractivity contribution in [2.45, 2.75) is 6.54 Å². The summed E-state index contributed by atoms with van der Waals surface area (Å²) in [5, 5.41) is 7.37. The van der Waals surface area contributed by atoms with Crippen molar-refractivity contribution in [3.8, 4) is 0 Å². The van der Waals surface area contributed by atoms with Gasteiger partial charge in [-0.15, -0.1) is 0 Å². The summed E-state index contributed by atoms with van der Waals surface area (Å²) < 4.78 is 8.90. The van der Waals surface area contributed by atoms with E-state index in [-0.39, 0.29) is 0 Å². The number of methoxy groups -OCH3 is 1. The van der Waals surface area contributed by atoms with Gasteiger partial charge in [-0.1, -0.05) is 0 Å². The average Bonchev–Trinajstić information content (AvgIpc) is 2.91. The van der Waals surface area contributed by atoms with Crippen LogP contribution in [0.4, 0.5) is 5.95 Å². The Kier molecular flexibility index (Phi) is 3.77. The third-order valence-corrected chi connectivity index (χ3v) is 2.56. The van der Waals surface area contributed by atoms with Gasteiger partial charge < -0.3 is 14.6 Å². The summed E-state index contributed by atoms with van der Waals surface area (Å²) in [4.78, 5) is 4.26. The van der Waals surface area contributed by atoms with Crippen LogP contribution < -0.4 is 5.32 Å². The van der Waals surface area contributed by atoms with E-state index < -0.39 is 0 Å². The van der Waals surface area contributed by atoms with Crippen molar-refractivity contribution in [3.05, 3.63) is 30.4 Å². The van der Waals surface area contributed by atoms with Crippen LogP contribution in [0.1, 0.15) is 5.69 Å². The predicted octanol–water partition coefficient (Wildman–Crippen LogP) is 0.723. The number of hydrogen-bond donors (Lipinski definition) is 1. The van der Waals surface area contributed by atoms with Gasteiger partial charge in [-0.25, -0.2) is 4.98 Å². The summed E-state index contributed by atoms with van der Waals surface area (Å²) in [5.41, 5.74) is 1.14. The molecule has 0 atom stereocenters. The normalized spacial score (nSPS) is 10.7. The van der Waals surface area contributed by atoms with E-state index in [1.165, 1.54) is 0 Å². The molecule has 0 aliphatic carbocycles. The molecule has 1 N–H and O–H groups in total. The Morgan fingerprint density at radius 3 is 3.00 bits per heavy atom. The minimum Gasteiger partial charge on any atom is -0.383 e. The molecule has 6 heteroatoms. The first-order valence-corrected chi connectivity index (χ1v) is 5.52. The Labute approximate surface area is 100 Å². The van der Waals surface area contributed by atoms with Crippen LogP contribution >= 0.6 is 0 Å².